The highest BCUT2D eigenvalue weighted by atomic mass is 35.5. The van der Waals surface area contributed by atoms with E-state index in [-0.39, 0.29) is 11.9 Å². The first-order chi connectivity index (χ1) is 6.75. The highest BCUT2D eigenvalue weighted by Crippen LogP contribution is 2.25. The number of carbonyl (C=O) groups is 1. The lowest BCUT2D eigenvalue weighted by molar-refractivity contribution is 0.0779. The van der Waals surface area contributed by atoms with Gasteiger partial charge in [0, 0.05) is 13.0 Å². The van der Waals surface area contributed by atoms with Crippen molar-refractivity contribution in [3.05, 3.63) is 21.3 Å². The quantitative estimate of drug-likeness (QED) is 0.746. The Labute approximate surface area is 91.8 Å². The number of rotatable bonds is 3. The Kier molecular flexibility index (Phi) is 3.21. The summed E-state index contributed by atoms with van der Waals surface area (Å²) in [6, 6.07) is 3.54. The molecular formula is C10H11ClO2S. The van der Waals surface area contributed by atoms with Crippen LogP contribution < -0.4 is 0 Å². The fourth-order valence-corrected chi connectivity index (χ4v) is 2.57. The second kappa shape index (κ2) is 4.43. The molecule has 1 saturated heterocycles. The molecule has 1 unspecified atom stereocenters. The molecule has 1 aliphatic heterocycles. The lowest BCUT2D eigenvalue weighted by Crippen LogP contribution is -2.11. The molecule has 0 radical (unpaired) electrons. The fraction of sp³-hybridized carbons (Fsp3) is 0.500. The first-order valence-corrected chi connectivity index (χ1v) is 5.85. The third kappa shape index (κ3) is 2.35. The van der Waals surface area contributed by atoms with Crippen molar-refractivity contribution >= 4 is 28.7 Å². The molecule has 1 fully saturated rings. The van der Waals surface area contributed by atoms with E-state index < -0.39 is 0 Å². The Bertz CT molecular complexity index is 329. The van der Waals surface area contributed by atoms with Crippen molar-refractivity contribution in [3.63, 3.8) is 0 Å². The van der Waals surface area contributed by atoms with Gasteiger partial charge in [-0.1, -0.05) is 11.6 Å². The van der Waals surface area contributed by atoms with Gasteiger partial charge in [0.1, 0.15) is 0 Å². The van der Waals surface area contributed by atoms with E-state index in [2.05, 4.69) is 0 Å². The van der Waals surface area contributed by atoms with Crippen molar-refractivity contribution in [1.29, 1.82) is 0 Å². The second-order valence-electron chi connectivity index (χ2n) is 3.37. The van der Waals surface area contributed by atoms with Gasteiger partial charge in [0.2, 0.25) is 0 Å². The van der Waals surface area contributed by atoms with Crippen LogP contribution in [-0.4, -0.2) is 18.5 Å². The maximum atomic E-state index is 11.7. The average molecular weight is 231 g/mol. The monoisotopic (exact) mass is 230 g/mol. The average Bonchev–Trinajstić information content (AvgIpc) is 2.75. The number of thiophene rings is 1. The topological polar surface area (TPSA) is 26.3 Å². The molecule has 76 valence electrons. The molecule has 0 aliphatic carbocycles. The van der Waals surface area contributed by atoms with Crippen molar-refractivity contribution < 1.29 is 9.53 Å². The third-order valence-corrected chi connectivity index (χ3v) is 3.56. The minimum atomic E-state index is 0.128. The van der Waals surface area contributed by atoms with Gasteiger partial charge in [0.15, 0.2) is 5.78 Å². The van der Waals surface area contributed by atoms with Crippen LogP contribution in [0.4, 0.5) is 0 Å². The van der Waals surface area contributed by atoms with E-state index in [1.807, 2.05) is 0 Å². The number of halogens is 1. The number of hydrogen-bond donors (Lipinski definition) is 0. The van der Waals surface area contributed by atoms with E-state index in [0.29, 0.717) is 10.8 Å². The Balaban J connectivity index is 1.95. The predicted octanol–water partition coefficient (Wildman–Crippen LogP) is 3.15. The van der Waals surface area contributed by atoms with Gasteiger partial charge in [-0.2, -0.15) is 0 Å². The van der Waals surface area contributed by atoms with Crippen LogP contribution in [0, 0.1) is 0 Å². The molecule has 1 aliphatic rings. The normalized spacial score (nSPS) is 21.4. The van der Waals surface area contributed by atoms with Crippen LogP contribution in [0.2, 0.25) is 4.34 Å². The van der Waals surface area contributed by atoms with E-state index in [0.717, 1.165) is 24.3 Å². The molecule has 2 rings (SSSR count). The smallest absolute Gasteiger partial charge is 0.175 e. The Hall–Kier alpha value is -0.380. The molecule has 0 spiro atoms. The van der Waals surface area contributed by atoms with Crippen molar-refractivity contribution in [3.8, 4) is 0 Å². The van der Waals surface area contributed by atoms with Crippen LogP contribution in [0.1, 0.15) is 28.9 Å². The van der Waals surface area contributed by atoms with E-state index in [9.17, 15) is 4.79 Å². The predicted molar refractivity (Wildman–Crippen MR) is 57.3 cm³/mol. The molecule has 2 heterocycles. The highest BCUT2D eigenvalue weighted by molar-refractivity contribution is 7.18. The number of Topliss-reactive ketones (excluding diaryl/α,β-unsaturated/α-hetero) is 1. The van der Waals surface area contributed by atoms with Crippen LogP contribution in [-0.2, 0) is 4.74 Å². The van der Waals surface area contributed by atoms with Crippen LogP contribution >= 0.6 is 22.9 Å². The number of ether oxygens (including phenoxy) is 1. The van der Waals surface area contributed by atoms with Gasteiger partial charge in [-0.25, -0.2) is 0 Å². The molecule has 2 nitrogen and oxygen atoms in total. The summed E-state index contributed by atoms with van der Waals surface area (Å²) >= 11 is 7.10. The largest absolute Gasteiger partial charge is 0.378 e. The minimum absolute atomic E-state index is 0.128. The van der Waals surface area contributed by atoms with Crippen molar-refractivity contribution in [2.75, 3.05) is 6.61 Å². The molecule has 0 N–H and O–H groups in total. The summed E-state index contributed by atoms with van der Waals surface area (Å²) in [5, 5.41) is 0. The third-order valence-electron chi connectivity index (χ3n) is 2.29. The zero-order valence-electron chi connectivity index (χ0n) is 7.66. The molecule has 14 heavy (non-hydrogen) atoms. The molecule has 1 aromatic rings. The molecule has 0 saturated carbocycles. The summed E-state index contributed by atoms with van der Waals surface area (Å²) in [5.74, 6) is 0.147. The first-order valence-electron chi connectivity index (χ1n) is 4.66. The number of hydrogen-bond acceptors (Lipinski definition) is 3. The second-order valence-corrected chi connectivity index (χ2v) is 5.08. The summed E-state index contributed by atoms with van der Waals surface area (Å²) in [5.41, 5.74) is 0. The van der Waals surface area contributed by atoms with Crippen molar-refractivity contribution in [2.24, 2.45) is 0 Å². The van der Waals surface area contributed by atoms with Gasteiger partial charge in [0.05, 0.1) is 15.3 Å². The van der Waals surface area contributed by atoms with Crippen LogP contribution in [0.3, 0.4) is 0 Å². The molecule has 1 atom stereocenters. The van der Waals surface area contributed by atoms with Gasteiger partial charge >= 0.3 is 0 Å². The molecule has 4 heteroatoms. The maximum Gasteiger partial charge on any atom is 0.175 e. The minimum Gasteiger partial charge on any atom is -0.378 e. The van der Waals surface area contributed by atoms with Crippen LogP contribution in [0.25, 0.3) is 0 Å². The number of ketones is 1. The SMILES string of the molecule is O=C(CC1CCCO1)c1ccc(Cl)s1. The van der Waals surface area contributed by atoms with E-state index >= 15 is 0 Å². The van der Waals surface area contributed by atoms with Gasteiger partial charge in [0.25, 0.3) is 0 Å². The van der Waals surface area contributed by atoms with E-state index in [4.69, 9.17) is 16.3 Å². The van der Waals surface area contributed by atoms with Gasteiger partial charge < -0.3 is 4.74 Å². The molecule has 0 aromatic carbocycles. The lowest BCUT2D eigenvalue weighted by atomic mass is 10.1. The van der Waals surface area contributed by atoms with Gasteiger partial charge in [-0.15, -0.1) is 11.3 Å². The summed E-state index contributed by atoms with van der Waals surface area (Å²) in [6.45, 7) is 0.795. The summed E-state index contributed by atoms with van der Waals surface area (Å²) < 4.78 is 6.07. The fourth-order valence-electron chi connectivity index (χ4n) is 1.58. The standard InChI is InChI=1S/C10H11ClO2S/c11-10-4-3-9(14-10)8(12)6-7-2-1-5-13-7/h3-4,7H,1-2,5-6H2. The first kappa shape index (κ1) is 10.1. The van der Waals surface area contributed by atoms with E-state index in [1.165, 1.54) is 11.3 Å². The highest BCUT2D eigenvalue weighted by Gasteiger charge is 2.20. The van der Waals surface area contributed by atoms with Gasteiger partial charge in [-0.05, 0) is 25.0 Å². The Morgan fingerprint density at radius 2 is 2.50 bits per heavy atom. The van der Waals surface area contributed by atoms with Crippen molar-refractivity contribution in [1.82, 2.24) is 0 Å². The molecule has 0 bridgehead atoms. The van der Waals surface area contributed by atoms with Crippen molar-refractivity contribution in [2.45, 2.75) is 25.4 Å². The molecule has 1 aromatic heterocycles. The lowest BCUT2D eigenvalue weighted by Gasteiger charge is -2.06. The van der Waals surface area contributed by atoms with Crippen LogP contribution in [0.15, 0.2) is 12.1 Å². The Morgan fingerprint density at radius 1 is 1.64 bits per heavy atom. The summed E-state index contributed by atoms with van der Waals surface area (Å²) in [4.78, 5) is 12.4. The molecular weight excluding hydrogens is 220 g/mol. The zero-order chi connectivity index (χ0) is 9.97. The summed E-state index contributed by atoms with van der Waals surface area (Å²) in [7, 11) is 0. The maximum absolute atomic E-state index is 11.7. The Morgan fingerprint density at radius 3 is 3.07 bits per heavy atom. The summed E-state index contributed by atoms with van der Waals surface area (Å²) in [6.07, 6.45) is 2.70. The molecule has 0 amide bonds. The van der Waals surface area contributed by atoms with Gasteiger partial charge in [-0.3, -0.25) is 4.79 Å². The van der Waals surface area contributed by atoms with E-state index in [1.54, 1.807) is 12.1 Å². The zero-order valence-corrected chi connectivity index (χ0v) is 9.24. The van der Waals surface area contributed by atoms with Crippen LogP contribution in [0.5, 0.6) is 0 Å². The number of carbonyl (C=O) groups excluding carboxylic acids is 1.